The van der Waals surface area contributed by atoms with Gasteiger partial charge in [-0.05, 0) is 219 Å². The second-order valence-electron chi connectivity index (χ2n) is 28.0. The van der Waals surface area contributed by atoms with E-state index < -0.39 is 95.6 Å². The third kappa shape index (κ3) is 24.8. The number of alkyl halides is 12. The highest BCUT2D eigenvalue weighted by Crippen LogP contribution is 2.41. The van der Waals surface area contributed by atoms with Gasteiger partial charge >= 0.3 is 18.3 Å². The Morgan fingerprint density at radius 2 is 0.967 bits per heavy atom. The maximum atomic E-state index is 13.7. The number of aryl methyl sites for hydroxylation is 4. The molecule has 24 nitrogen and oxygen atoms in total. The van der Waals surface area contributed by atoms with Gasteiger partial charge in [-0.2, -0.15) is 35.1 Å². The first-order valence-corrected chi connectivity index (χ1v) is 37.4. The lowest BCUT2D eigenvalue weighted by Gasteiger charge is -2.29. The Morgan fingerprint density at radius 1 is 0.475 bits per heavy atom. The van der Waals surface area contributed by atoms with Crippen LogP contribution in [0.15, 0.2) is 209 Å². The molecule has 638 valence electrons. The van der Waals surface area contributed by atoms with Crippen molar-refractivity contribution in [2.24, 2.45) is 0 Å². The first-order valence-electron chi connectivity index (χ1n) is 37.4. The molecule has 14 rings (SSSR count). The summed E-state index contributed by atoms with van der Waals surface area (Å²) >= 11 is 0. The molecule has 2 atom stereocenters. The average Bonchev–Trinajstić information content (AvgIpc) is 1.62. The highest BCUT2D eigenvalue weighted by atomic mass is 19.4. The summed E-state index contributed by atoms with van der Waals surface area (Å²) in [4.78, 5) is 56.8. The van der Waals surface area contributed by atoms with Crippen LogP contribution in [0.5, 0.6) is 28.7 Å². The van der Waals surface area contributed by atoms with Gasteiger partial charge in [0.25, 0.3) is 24.1 Å². The molecular formula is C86H80F12N14O10. The lowest BCUT2D eigenvalue weighted by Crippen LogP contribution is -2.35. The van der Waals surface area contributed by atoms with E-state index in [1.54, 1.807) is 18.2 Å². The van der Waals surface area contributed by atoms with Crippen molar-refractivity contribution in [3.8, 4) is 28.7 Å². The first kappa shape index (κ1) is 90.2. The Labute approximate surface area is 689 Å². The Bertz CT molecular complexity index is 5770. The van der Waals surface area contributed by atoms with Gasteiger partial charge in [0, 0.05) is 42.3 Å². The van der Waals surface area contributed by atoms with E-state index in [0.29, 0.717) is 72.7 Å². The minimum Gasteiger partial charge on any atom is -0.507 e. The SMILES string of the molecule is CC(F)(COc1ccc(C(F)(F)F)cc1NC(=O)c1ccccc1O)C(F)F.CC(F)C(F)(F)COc1ccc(NC(=O)c2ccccc2O)cc1C(F)(F)F.Cc1ccc(Cc2nc3nonc3nc2Nc2cccc(C)c2)cc1.Cc1cccc(NC(=O)c2ccccc2O)c1.Cc1cccc(Nc2nc3nonc3nc2N2CCCCC2)c1C. The maximum Gasteiger partial charge on any atom is 0.420 e. The van der Waals surface area contributed by atoms with Crippen molar-refractivity contribution < 1.29 is 101 Å². The Kier molecular flexibility index (Phi) is 29.7. The van der Waals surface area contributed by atoms with Gasteiger partial charge in [-0.3, -0.25) is 14.4 Å². The number of rotatable bonds is 21. The number of carbonyl (C=O) groups excluding carboxylic acids is 3. The fourth-order valence-electron chi connectivity index (χ4n) is 11.5. The molecule has 5 heterocycles. The summed E-state index contributed by atoms with van der Waals surface area (Å²) < 4.78 is 176. The molecule has 0 aliphatic carbocycles. The lowest BCUT2D eigenvalue weighted by molar-refractivity contribution is -0.141. The zero-order chi connectivity index (χ0) is 88.2. The fraction of sp³-hybridized carbons (Fsp3) is 0.244. The zero-order valence-corrected chi connectivity index (χ0v) is 66.1. The smallest absolute Gasteiger partial charge is 0.420 e. The highest BCUT2D eigenvalue weighted by molar-refractivity contribution is 6.08. The largest absolute Gasteiger partial charge is 0.507 e. The van der Waals surface area contributed by atoms with Crippen LogP contribution in [0, 0.1) is 34.6 Å². The van der Waals surface area contributed by atoms with Crippen molar-refractivity contribution >= 4 is 86.2 Å². The van der Waals surface area contributed by atoms with Crippen molar-refractivity contribution in [1.29, 1.82) is 0 Å². The summed E-state index contributed by atoms with van der Waals surface area (Å²) in [5.74, 6) is -6.15. The van der Waals surface area contributed by atoms with E-state index in [1.165, 1.54) is 96.1 Å². The fourth-order valence-corrected chi connectivity index (χ4v) is 11.5. The maximum absolute atomic E-state index is 13.7. The van der Waals surface area contributed by atoms with Crippen LogP contribution in [0.25, 0.3) is 22.6 Å². The van der Waals surface area contributed by atoms with Gasteiger partial charge in [0.15, 0.2) is 30.2 Å². The molecule has 36 heteroatoms. The van der Waals surface area contributed by atoms with E-state index in [-0.39, 0.29) is 39.8 Å². The number of anilines is 8. The van der Waals surface area contributed by atoms with Gasteiger partial charge in [0.2, 0.25) is 28.3 Å². The molecule has 1 saturated heterocycles. The van der Waals surface area contributed by atoms with Crippen molar-refractivity contribution in [1.82, 2.24) is 40.6 Å². The van der Waals surface area contributed by atoms with Crippen LogP contribution in [-0.4, -0.2) is 124 Å². The molecule has 9 aromatic carbocycles. The van der Waals surface area contributed by atoms with E-state index in [4.69, 9.17) is 14.0 Å². The predicted molar refractivity (Wildman–Crippen MR) is 433 cm³/mol. The zero-order valence-electron chi connectivity index (χ0n) is 66.1. The number of phenols is 3. The molecule has 0 saturated carbocycles. The molecule has 4 aromatic heterocycles. The lowest BCUT2D eigenvalue weighted by atomic mass is 10.1. The molecule has 13 aromatic rings. The number of benzene rings is 9. The van der Waals surface area contributed by atoms with Crippen LogP contribution in [0.3, 0.4) is 0 Å². The van der Waals surface area contributed by atoms with E-state index in [9.17, 15) is 82.4 Å². The summed E-state index contributed by atoms with van der Waals surface area (Å²) in [6, 6.07) is 51.4. The number of phenolic OH excluding ortho intramolecular Hbond substituents is 3. The van der Waals surface area contributed by atoms with E-state index in [0.717, 1.165) is 71.0 Å². The van der Waals surface area contributed by atoms with Crippen molar-refractivity contribution in [3.63, 3.8) is 0 Å². The Hall–Kier alpha value is -14.1. The van der Waals surface area contributed by atoms with Crippen LogP contribution >= 0.6 is 0 Å². The molecule has 8 N–H and O–H groups in total. The Morgan fingerprint density at radius 3 is 1.50 bits per heavy atom. The van der Waals surface area contributed by atoms with Crippen LogP contribution < -0.4 is 41.0 Å². The van der Waals surface area contributed by atoms with Crippen molar-refractivity contribution in [3.05, 3.63) is 267 Å². The predicted octanol–water partition coefficient (Wildman–Crippen LogP) is 20.4. The molecule has 2 unspecified atom stereocenters. The average molecular weight is 1700 g/mol. The first-order chi connectivity index (χ1) is 57.9. The number of hydrogen-bond acceptors (Lipinski definition) is 21. The third-order valence-electron chi connectivity index (χ3n) is 18.4. The molecule has 122 heavy (non-hydrogen) atoms. The topological polar surface area (TPSA) is 323 Å². The summed E-state index contributed by atoms with van der Waals surface area (Å²) in [5, 5.41) is 57.9. The Balaban J connectivity index is 0.000000161. The van der Waals surface area contributed by atoms with Gasteiger partial charge in [-0.1, -0.05) is 103 Å². The van der Waals surface area contributed by atoms with Crippen molar-refractivity contribution in [2.45, 2.75) is 111 Å². The normalized spacial score (nSPS) is 12.8. The number of amides is 3. The van der Waals surface area contributed by atoms with Crippen molar-refractivity contribution in [2.75, 3.05) is 57.8 Å². The molecule has 1 fully saturated rings. The number of hydrogen-bond donors (Lipinski definition) is 8. The van der Waals surface area contributed by atoms with Crippen LogP contribution in [0.4, 0.5) is 98.6 Å². The molecule has 0 spiro atoms. The molecular weight excluding hydrogens is 1620 g/mol. The number of para-hydroxylation sites is 3. The third-order valence-corrected chi connectivity index (χ3v) is 18.4. The van der Waals surface area contributed by atoms with Crippen LogP contribution in [0.2, 0.25) is 0 Å². The molecule has 0 radical (unpaired) electrons. The quantitative estimate of drug-likeness (QED) is 0.0310. The molecule has 3 amide bonds. The number of carbonyl (C=O) groups is 3. The molecule has 0 bridgehead atoms. The summed E-state index contributed by atoms with van der Waals surface area (Å²) in [6.45, 7) is 10.6. The molecule has 1 aliphatic heterocycles. The summed E-state index contributed by atoms with van der Waals surface area (Å²) in [6.07, 6.45) is -11.5. The number of halogens is 12. The summed E-state index contributed by atoms with van der Waals surface area (Å²) in [7, 11) is 0. The summed E-state index contributed by atoms with van der Waals surface area (Å²) in [5.41, 5.74) is 5.62. The number of piperidine rings is 1. The van der Waals surface area contributed by atoms with E-state index in [1.807, 2.05) is 49.4 Å². The highest BCUT2D eigenvalue weighted by Gasteiger charge is 2.41. The monoisotopic (exact) mass is 1700 g/mol. The van der Waals surface area contributed by atoms with Crippen LogP contribution in [0.1, 0.15) is 114 Å². The van der Waals surface area contributed by atoms with E-state index >= 15 is 0 Å². The van der Waals surface area contributed by atoms with Gasteiger partial charge in [-0.25, -0.2) is 46.8 Å². The molecule has 1 aliphatic rings. The number of ether oxygens (including phenoxy) is 2. The number of fused-ring (bicyclic) bond motifs is 2. The number of nitrogens with one attached hydrogen (secondary N) is 5. The number of aromatic nitrogens is 8. The van der Waals surface area contributed by atoms with E-state index in [2.05, 4.69) is 153 Å². The second kappa shape index (κ2) is 40.1. The van der Waals surface area contributed by atoms with Crippen LogP contribution in [-0.2, 0) is 18.8 Å². The van der Waals surface area contributed by atoms with Gasteiger partial charge in [0.1, 0.15) is 35.4 Å². The van der Waals surface area contributed by atoms with Gasteiger partial charge < -0.3 is 56.3 Å². The van der Waals surface area contributed by atoms with Gasteiger partial charge in [0.05, 0.1) is 39.2 Å². The minimum absolute atomic E-state index is 0.0161. The number of aromatic hydroxyl groups is 3. The standard InChI is InChI=1S/C19H17N5O.2C18H15F6NO3.C17H20N6O.C14H13NO2/c1-12-6-8-14(9-7-12)11-16-17(20-15-5-3-4-13(2)10-15)22-19-18(21-16)23-25-24-19;1-17(21,16(19)20)9-28-14-7-6-10(18(22,23)24)8-12(14)25-15(27)11-4-2-3-5-13(11)26;1-10(19)17(20,21)9-28-15-7-6-11(8-13(15)18(22,23)24)25-16(27)12-4-2-3-5-14(12)26;1-11-7-6-8-13(12(11)2)18-16-17(23-9-4-3-5-10-23)20-15-14(19-16)21-24-22-15;1-10-5-4-6-11(9-10)15-14(17)12-7-2-3-8-13(12)16/h3-10H,11H2,1-2H3,(H,20,22,24);2-8,16,26H,9H2,1H3,(H,25,27);2-8,10,26H,9H2,1H3,(H,25,27);6-8H,3-5,9-10H2,1-2H3,(H,18,19,21);2-9,16H,1H3,(H,15,17). The number of nitrogens with zero attached hydrogens (tertiary/aromatic N) is 9. The minimum atomic E-state index is -4.98. The van der Waals surface area contributed by atoms with Gasteiger partial charge in [-0.15, -0.1) is 0 Å². The second-order valence-corrected chi connectivity index (χ2v) is 28.0.